The molecule has 1 heterocycles. The summed E-state index contributed by atoms with van der Waals surface area (Å²) < 4.78 is 0. The molecule has 0 bridgehead atoms. The largest absolute Gasteiger partial charge is 0.480 e. The number of carboxylic acid groups (broad SMARTS) is 1. The monoisotopic (exact) mass is 456 g/mol. The number of rotatable bonds is 12. The summed E-state index contributed by atoms with van der Waals surface area (Å²) in [6.45, 7) is 5.87. The highest BCUT2D eigenvalue weighted by Gasteiger charge is 2.33. The first kappa shape index (κ1) is 27.0. The molecule has 180 valence electrons. The van der Waals surface area contributed by atoms with Gasteiger partial charge in [-0.3, -0.25) is 14.4 Å². The molecule has 13 nitrogen and oxygen atoms in total. The molecule has 0 saturated carbocycles. The Hall–Kier alpha value is -3.03. The summed E-state index contributed by atoms with van der Waals surface area (Å²) in [5.74, 6) is -4.16. The van der Waals surface area contributed by atoms with E-state index in [0.29, 0.717) is 5.69 Å². The maximum atomic E-state index is 12.9. The fourth-order valence-electron chi connectivity index (χ4n) is 2.73. The smallest absolute Gasteiger partial charge is 0.328 e. The number of aliphatic hydroxyl groups is 2. The van der Waals surface area contributed by atoms with Crippen LogP contribution in [-0.4, -0.2) is 85.4 Å². The molecule has 1 aromatic heterocycles. The van der Waals surface area contributed by atoms with Crippen molar-refractivity contribution in [1.82, 2.24) is 25.9 Å². The van der Waals surface area contributed by atoms with Crippen molar-refractivity contribution >= 4 is 23.7 Å². The summed E-state index contributed by atoms with van der Waals surface area (Å²) in [6, 6.07) is -5.17. The lowest BCUT2D eigenvalue weighted by Crippen LogP contribution is -2.60. The van der Waals surface area contributed by atoms with Gasteiger partial charge in [-0.2, -0.15) is 0 Å². The summed E-state index contributed by atoms with van der Waals surface area (Å²) in [5, 5.41) is 35.5. The van der Waals surface area contributed by atoms with Gasteiger partial charge in [0.25, 0.3) is 0 Å². The van der Waals surface area contributed by atoms with Crippen LogP contribution in [0.4, 0.5) is 0 Å². The number of nitrogens with zero attached hydrogens (tertiary/aromatic N) is 1. The lowest BCUT2D eigenvalue weighted by atomic mass is 10.0. The van der Waals surface area contributed by atoms with E-state index in [-0.39, 0.29) is 6.42 Å². The molecule has 1 rings (SSSR count). The van der Waals surface area contributed by atoms with Gasteiger partial charge in [0.1, 0.15) is 18.1 Å². The summed E-state index contributed by atoms with van der Waals surface area (Å²) in [6.07, 6.45) is 0.216. The second kappa shape index (κ2) is 12.1. The molecular formula is C19H32N6O7. The number of carboxylic acids is 1. The molecule has 1 aromatic rings. The summed E-state index contributed by atoms with van der Waals surface area (Å²) >= 11 is 0. The lowest BCUT2D eigenvalue weighted by molar-refractivity contribution is -0.145. The molecule has 9 N–H and O–H groups in total. The molecule has 6 unspecified atom stereocenters. The van der Waals surface area contributed by atoms with E-state index >= 15 is 0 Å². The Morgan fingerprint density at radius 3 is 2.00 bits per heavy atom. The first-order valence-corrected chi connectivity index (χ1v) is 10.1. The summed E-state index contributed by atoms with van der Waals surface area (Å²) in [7, 11) is 0. The van der Waals surface area contributed by atoms with Gasteiger partial charge in [-0.25, -0.2) is 9.78 Å². The van der Waals surface area contributed by atoms with Gasteiger partial charge in [0.2, 0.25) is 17.7 Å². The van der Waals surface area contributed by atoms with Gasteiger partial charge < -0.3 is 42.0 Å². The minimum Gasteiger partial charge on any atom is -0.480 e. The number of nitrogens with two attached hydrogens (primary N) is 1. The van der Waals surface area contributed by atoms with E-state index in [2.05, 4.69) is 25.9 Å². The van der Waals surface area contributed by atoms with Crippen LogP contribution in [-0.2, 0) is 25.6 Å². The van der Waals surface area contributed by atoms with Gasteiger partial charge in [-0.15, -0.1) is 0 Å². The summed E-state index contributed by atoms with van der Waals surface area (Å²) in [5.41, 5.74) is 6.09. The number of carbonyl (C=O) groups excluding carboxylic acids is 3. The van der Waals surface area contributed by atoms with E-state index in [4.69, 9.17) is 5.73 Å². The zero-order valence-corrected chi connectivity index (χ0v) is 18.4. The van der Waals surface area contributed by atoms with Crippen molar-refractivity contribution in [3.8, 4) is 0 Å². The number of imidazole rings is 1. The average molecular weight is 457 g/mol. The molecule has 0 aliphatic carbocycles. The molecule has 0 radical (unpaired) electrons. The molecule has 0 aromatic carbocycles. The minimum absolute atomic E-state index is 0.0598. The fourth-order valence-corrected chi connectivity index (χ4v) is 2.73. The van der Waals surface area contributed by atoms with Crippen LogP contribution in [0.3, 0.4) is 0 Å². The van der Waals surface area contributed by atoms with Gasteiger partial charge in [-0.05, 0) is 19.8 Å². The van der Waals surface area contributed by atoms with Crippen LogP contribution in [0.15, 0.2) is 12.5 Å². The molecule has 0 aliphatic rings. The van der Waals surface area contributed by atoms with Gasteiger partial charge in [0, 0.05) is 18.3 Å². The minimum atomic E-state index is -1.59. The number of hydrogen-bond acceptors (Lipinski definition) is 8. The highest BCUT2D eigenvalue weighted by Crippen LogP contribution is 2.07. The number of nitrogens with one attached hydrogen (secondary N) is 4. The maximum Gasteiger partial charge on any atom is 0.328 e. The third-order valence-corrected chi connectivity index (χ3v) is 4.73. The van der Waals surface area contributed by atoms with E-state index in [1.54, 1.807) is 13.8 Å². The van der Waals surface area contributed by atoms with E-state index in [9.17, 15) is 34.5 Å². The number of hydrogen-bond donors (Lipinski definition) is 8. The normalized spacial score (nSPS) is 16.9. The van der Waals surface area contributed by atoms with Crippen molar-refractivity contribution in [3.05, 3.63) is 18.2 Å². The Kier molecular flexibility index (Phi) is 10.2. The SMILES string of the molecule is CC(C)C(NC(=O)C(N)C(C)O)C(=O)NC(Cc1cnc[nH]1)C(=O)NC(C(=O)O)C(C)O. The third kappa shape index (κ3) is 7.90. The number of aromatic nitrogens is 2. The Morgan fingerprint density at radius 2 is 1.56 bits per heavy atom. The molecule has 0 spiro atoms. The predicted molar refractivity (Wildman–Crippen MR) is 112 cm³/mol. The van der Waals surface area contributed by atoms with Crippen molar-refractivity contribution in [3.63, 3.8) is 0 Å². The number of amides is 3. The first-order valence-electron chi connectivity index (χ1n) is 10.1. The molecule has 32 heavy (non-hydrogen) atoms. The van der Waals surface area contributed by atoms with Gasteiger partial charge in [0.05, 0.1) is 18.5 Å². The average Bonchev–Trinajstić information content (AvgIpc) is 3.20. The topological polar surface area (TPSA) is 220 Å². The fraction of sp³-hybridized carbons (Fsp3) is 0.632. The van der Waals surface area contributed by atoms with E-state index < -0.39 is 66.0 Å². The number of H-pyrrole nitrogens is 1. The zero-order valence-electron chi connectivity index (χ0n) is 18.4. The lowest BCUT2D eigenvalue weighted by Gasteiger charge is -2.27. The Balaban J connectivity index is 3.05. The second-order valence-corrected chi connectivity index (χ2v) is 7.90. The van der Waals surface area contributed by atoms with Gasteiger partial charge in [-0.1, -0.05) is 13.8 Å². The second-order valence-electron chi connectivity index (χ2n) is 7.90. The molecule has 0 fully saturated rings. The number of carbonyl (C=O) groups is 4. The van der Waals surface area contributed by atoms with Crippen LogP contribution in [0, 0.1) is 5.92 Å². The van der Waals surface area contributed by atoms with E-state index in [1.165, 1.54) is 26.4 Å². The quantitative estimate of drug-likeness (QED) is 0.163. The summed E-state index contributed by atoms with van der Waals surface area (Å²) in [4.78, 5) is 55.8. The highest BCUT2D eigenvalue weighted by atomic mass is 16.4. The molecule has 0 aliphatic heterocycles. The predicted octanol–water partition coefficient (Wildman–Crippen LogP) is -2.76. The van der Waals surface area contributed by atoms with Crippen molar-refractivity contribution in [2.24, 2.45) is 11.7 Å². The van der Waals surface area contributed by atoms with Gasteiger partial charge >= 0.3 is 5.97 Å². The van der Waals surface area contributed by atoms with Crippen molar-refractivity contribution < 1.29 is 34.5 Å². The zero-order chi connectivity index (χ0) is 24.6. The third-order valence-electron chi connectivity index (χ3n) is 4.73. The van der Waals surface area contributed by atoms with Crippen LogP contribution in [0.2, 0.25) is 0 Å². The highest BCUT2D eigenvalue weighted by molar-refractivity contribution is 5.94. The molecular weight excluding hydrogens is 424 g/mol. The Morgan fingerprint density at radius 1 is 0.969 bits per heavy atom. The van der Waals surface area contributed by atoms with Crippen LogP contribution >= 0.6 is 0 Å². The van der Waals surface area contributed by atoms with Crippen molar-refractivity contribution in [2.45, 2.75) is 70.5 Å². The van der Waals surface area contributed by atoms with Gasteiger partial charge in [0.15, 0.2) is 6.04 Å². The first-order chi connectivity index (χ1) is 14.8. The molecule has 3 amide bonds. The van der Waals surface area contributed by atoms with Crippen molar-refractivity contribution in [2.75, 3.05) is 0 Å². The van der Waals surface area contributed by atoms with Crippen LogP contribution in [0.1, 0.15) is 33.4 Å². The Labute approximate surface area is 185 Å². The van der Waals surface area contributed by atoms with E-state index in [0.717, 1.165) is 0 Å². The molecule has 0 saturated heterocycles. The Bertz CT molecular complexity index is 781. The number of aromatic amines is 1. The molecule has 13 heteroatoms. The van der Waals surface area contributed by atoms with E-state index in [1.807, 2.05) is 0 Å². The van der Waals surface area contributed by atoms with Crippen LogP contribution < -0.4 is 21.7 Å². The standard InChI is InChI=1S/C19H32N6O7/c1-8(2)14(24-17(29)13(20)9(3)26)18(30)23-12(5-11-6-21-7-22-11)16(28)25-15(10(4)27)19(31)32/h6-10,12-15,26-27H,5,20H2,1-4H3,(H,21,22)(H,23,30)(H,24,29)(H,25,28)(H,31,32). The molecule has 6 atom stereocenters. The number of aliphatic carboxylic acids is 1. The maximum absolute atomic E-state index is 12.9. The van der Waals surface area contributed by atoms with Crippen molar-refractivity contribution in [1.29, 1.82) is 0 Å². The van der Waals surface area contributed by atoms with Crippen LogP contribution in [0.5, 0.6) is 0 Å². The number of aliphatic hydroxyl groups excluding tert-OH is 2. The van der Waals surface area contributed by atoms with Crippen LogP contribution in [0.25, 0.3) is 0 Å².